The van der Waals surface area contributed by atoms with E-state index < -0.39 is 0 Å². The van der Waals surface area contributed by atoms with Crippen LogP contribution in [0.1, 0.15) is 5.56 Å². The van der Waals surface area contributed by atoms with Gasteiger partial charge in [-0.1, -0.05) is 6.07 Å². The molecule has 0 atom stereocenters. The molecule has 0 radical (unpaired) electrons. The van der Waals surface area contributed by atoms with Gasteiger partial charge in [0.25, 0.3) is 0 Å². The number of benzene rings is 1. The van der Waals surface area contributed by atoms with Crippen LogP contribution in [0.5, 0.6) is 5.75 Å². The molecule has 0 unspecified atom stereocenters. The molecule has 0 spiro atoms. The summed E-state index contributed by atoms with van der Waals surface area (Å²) in [6, 6.07) is 5.58. The van der Waals surface area contributed by atoms with Gasteiger partial charge in [0.15, 0.2) is 0 Å². The van der Waals surface area contributed by atoms with Gasteiger partial charge in [-0.15, -0.1) is 11.6 Å². The number of hydrogen-bond donors (Lipinski definition) is 1. The van der Waals surface area contributed by atoms with Gasteiger partial charge in [0.2, 0.25) is 5.91 Å². The van der Waals surface area contributed by atoms with Crippen LogP contribution in [-0.2, 0) is 11.2 Å². The molecule has 1 aromatic rings. The van der Waals surface area contributed by atoms with Crippen molar-refractivity contribution in [3.8, 4) is 5.75 Å². The number of nitrogens with one attached hydrogen (secondary N) is 1. The number of rotatable bonds is 3. The summed E-state index contributed by atoms with van der Waals surface area (Å²) in [6.45, 7) is 0.464. The minimum absolute atomic E-state index is 0.0157. The molecule has 1 aromatic carbocycles. The normalized spacial score (nSPS) is 13.6. The number of anilines is 1. The Bertz CT molecular complexity index is 365. The highest BCUT2D eigenvalue weighted by molar-refractivity contribution is 6.18. The van der Waals surface area contributed by atoms with Gasteiger partial charge in [0.1, 0.15) is 12.4 Å². The Morgan fingerprint density at radius 2 is 2.36 bits per heavy atom. The maximum absolute atomic E-state index is 11.1. The Morgan fingerprint density at radius 3 is 3.14 bits per heavy atom. The minimum Gasteiger partial charge on any atom is -0.492 e. The monoisotopic (exact) mass is 211 g/mol. The molecule has 0 aromatic heterocycles. The average molecular weight is 212 g/mol. The Kier molecular flexibility index (Phi) is 2.59. The Morgan fingerprint density at radius 1 is 1.50 bits per heavy atom. The summed E-state index contributed by atoms with van der Waals surface area (Å²) >= 11 is 5.52. The second kappa shape index (κ2) is 3.88. The molecular formula is C10H10ClNO2. The number of carbonyl (C=O) groups is 1. The lowest BCUT2D eigenvalue weighted by Crippen LogP contribution is -2.03. The van der Waals surface area contributed by atoms with E-state index in [2.05, 4.69) is 5.32 Å². The lowest BCUT2D eigenvalue weighted by Gasteiger charge is -2.07. The Balaban J connectivity index is 2.25. The van der Waals surface area contributed by atoms with Crippen molar-refractivity contribution in [2.24, 2.45) is 0 Å². The molecule has 1 aliphatic heterocycles. The fraction of sp³-hybridized carbons (Fsp3) is 0.300. The summed E-state index contributed by atoms with van der Waals surface area (Å²) in [5.41, 5.74) is 1.78. The second-order valence-corrected chi connectivity index (χ2v) is 3.42. The fourth-order valence-electron chi connectivity index (χ4n) is 1.50. The van der Waals surface area contributed by atoms with Gasteiger partial charge in [0, 0.05) is 11.3 Å². The number of halogens is 1. The van der Waals surface area contributed by atoms with Crippen LogP contribution < -0.4 is 10.1 Å². The minimum atomic E-state index is 0.0157. The third-order valence-corrected chi connectivity index (χ3v) is 2.23. The molecule has 0 saturated carbocycles. The standard InChI is InChI=1S/C10H10ClNO2/c11-4-5-14-9-3-1-2-8-7(9)6-10(13)12-8/h1-3H,4-6H2,(H,12,13). The van der Waals surface area contributed by atoms with Gasteiger partial charge in [0.05, 0.1) is 12.3 Å². The summed E-state index contributed by atoms with van der Waals surface area (Å²) in [5, 5.41) is 2.76. The molecule has 0 aliphatic carbocycles. The summed E-state index contributed by atoms with van der Waals surface area (Å²) in [5.74, 6) is 1.22. The van der Waals surface area contributed by atoms with E-state index in [1.54, 1.807) is 0 Å². The quantitative estimate of drug-likeness (QED) is 0.775. The van der Waals surface area contributed by atoms with Crippen molar-refractivity contribution in [3.63, 3.8) is 0 Å². The first-order chi connectivity index (χ1) is 6.81. The van der Waals surface area contributed by atoms with Gasteiger partial charge in [-0.3, -0.25) is 4.79 Å². The molecule has 3 nitrogen and oxygen atoms in total. The molecule has 0 saturated heterocycles. The molecule has 1 aliphatic rings. The fourth-order valence-corrected chi connectivity index (χ4v) is 1.58. The van der Waals surface area contributed by atoms with Crippen molar-refractivity contribution in [1.29, 1.82) is 0 Å². The molecule has 2 rings (SSSR count). The van der Waals surface area contributed by atoms with E-state index in [0.717, 1.165) is 17.0 Å². The first-order valence-corrected chi connectivity index (χ1v) is 4.95. The second-order valence-electron chi connectivity index (χ2n) is 3.04. The number of ether oxygens (including phenoxy) is 1. The number of alkyl halides is 1. The molecule has 0 fully saturated rings. The van der Waals surface area contributed by atoms with E-state index in [4.69, 9.17) is 16.3 Å². The maximum atomic E-state index is 11.1. The van der Waals surface area contributed by atoms with E-state index in [-0.39, 0.29) is 5.91 Å². The molecule has 1 N–H and O–H groups in total. The highest BCUT2D eigenvalue weighted by Crippen LogP contribution is 2.31. The van der Waals surface area contributed by atoms with E-state index in [9.17, 15) is 4.79 Å². The van der Waals surface area contributed by atoms with Crippen molar-refractivity contribution in [3.05, 3.63) is 23.8 Å². The third-order valence-electron chi connectivity index (χ3n) is 2.08. The number of hydrogen-bond acceptors (Lipinski definition) is 2. The highest BCUT2D eigenvalue weighted by Gasteiger charge is 2.20. The maximum Gasteiger partial charge on any atom is 0.229 e. The Labute approximate surface area is 87.0 Å². The van der Waals surface area contributed by atoms with Crippen LogP contribution in [0.4, 0.5) is 5.69 Å². The first kappa shape index (κ1) is 9.34. The van der Waals surface area contributed by atoms with E-state index in [0.29, 0.717) is 18.9 Å². The molecular weight excluding hydrogens is 202 g/mol. The van der Waals surface area contributed by atoms with Crippen molar-refractivity contribution in [2.45, 2.75) is 6.42 Å². The summed E-state index contributed by atoms with van der Waals surface area (Å²) < 4.78 is 5.42. The van der Waals surface area contributed by atoms with Crippen molar-refractivity contribution in [1.82, 2.24) is 0 Å². The molecule has 4 heteroatoms. The van der Waals surface area contributed by atoms with Gasteiger partial charge < -0.3 is 10.1 Å². The van der Waals surface area contributed by atoms with E-state index >= 15 is 0 Å². The zero-order valence-corrected chi connectivity index (χ0v) is 8.30. The highest BCUT2D eigenvalue weighted by atomic mass is 35.5. The first-order valence-electron chi connectivity index (χ1n) is 4.42. The Hall–Kier alpha value is -1.22. The van der Waals surface area contributed by atoms with Crippen molar-refractivity contribution < 1.29 is 9.53 Å². The topological polar surface area (TPSA) is 38.3 Å². The zero-order valence-electron chi connectivity index (χ0n) is 7.55. The summed E-state index contributed by atoms with van der Waals surface area (Å²) in [4.78, 5) is 11.1. The van der Waals surface area contributed by atoms with E-state index in [1.165, 1.54) is 0 Å². The van der Waals surface area contributed by atoms with Gasteiger partial charge in [-0.2, -0.15) is 0 Å². The third kappa shape index (κ3) is 1.68. The largest absolute Gasteiger partial charge is 0.492 e. The zero-order chi connectivity index (χ0) is 9.97. The molecule has 0 bridgehead atoms. The predicted octanol–water partition coefficient (Wildman–Crippen LogP) is 1.80. The number of amides is 1. The van der Waals surface area contributed by atoms with Gasteiger partial charge in [-0.25, -0.2) is 0 Å². The lowest BCUT2D eigenvalue weighted by atomic mass is 10.1. The SMILES string of the molecule is O=C1Cc2c(cccc2OCCCl)N1. The van der Waals surface area contributed by atoms with Crippen LogP contribution in [0, 0.1) is 0 Å². The summed E-state index contributed by atoms with van der Waals surface area (Å²) in [7, 11) is 0. The van der Waals surface area contributed by atoms with Gasteiger partial charge in [-0.05, 0) is 12.1 Å². The van der Waals surface area contributed by atoms with Crippen LogP contribution in [0.3, 0.4) is 0 Å². The van der Waals surface area contributed by atoms with Crippen LogP contribution in [0.2, 0.25) is 0 Å². The molecule has 1 heterocycles. The van der Waals surface area contributed by atoms with Crippen LogP contribution >= 0.6 is 11.6 Å². The number of fused-ring (bicyclic) bond motifs is 1. The van der Waals surface area contributed by atoms with E-state index in [1.807, 2.05) is 18.2 Å². The van der Waals surface area contributed by atoms with Crippen molar-refractivity contribution in [2.75, 3.05) is 17.8 Å². The molecule has 1 amide bonds. The van der Waals surface area contributed by atoms with Crippen LogP contribution in [0.25, 0.3) is 0 Å². The number of carbonyl (C=O) groups excluding carboxylic acids is 1. The molecule has 14 heavy (non-hydrogen) atoms. The molecule has 74 valence electrons. The average Bonchev–Trinajstić information content (AvgIpc) is 2.55. The van der Waals surface area contributed by atoms with Crippen LogP contribution in [0.15, 0.2) is 18.2 Å². The van der Waals surface area contributed by atoms with Crippen LogP contribution in [-0.4, -0.2) is 18.4 Å². The summed E-state index contributed by atoms with van der Waals surface area (Å²) in [6.07, 6.45) is 0.397. The van der Waals surface area contributed by atoms with Gasteiger partial charge >= 0.3 is 0 Å². The predicted molar refractivity (Wildman–Crippen MR) is 55.0 cm³/mol. The smallest absolute Gasteiger partial charge is 0.229 e. The lowest BCUT2D eigenvalue weighted by molar-refractivity contribution is -0.115. The van der Waals surface area contributed by atoms with Crippen molar-refractivity contribution >= 4 is 23.2 Å².